The van der Waals surface area contributed by atoms with Gasteiger partial charge in [0.15, 0.2) is 0 Å². The molecule has 7 heteroatoms. The fourth-order valence-corrected chi connectivity index (χ4v) is 1.46. The van der Waals surface area contributed by atoms with E-state index in [1.54, 1.807) is 0 Å². The van der Waals surface area contributed by atoms with Crippen LogP contribution in [0.5, 0.6) is 11.5 Å². The highest BCUT2D eigenvalue weighted by molar-refractivity contribution is 7.79. The van der Waals surface area contributed by atoms with Crippen molar-refractivity contribution in [2.45, 2.75) is 26.7 Å². The van der Waals surface area contributed by atoms with E-state index in [0.29, 0.717) is 0 Å². The highest BCUT2D eigenvalue weighted by Crippen LogP contribution is 2.29. The largest absolute Gasteiger partial charge is 0.508 e. The third kappa shape index (κ3) is 6.10. The fourth-order valence-electron chi connectivity index (χ4n) is 1.46. The maximum absolute atomic E-state index is 9.44. The van der Waals surface area contributed by atoms with Gasteiger partial charge in [-0.25, -0.2) is 0 Å². The lowest BCUT2D eigenvalue weighted by atomic mass is 10.0. The van der Waals surface area contributed by atoms with Gasteiger partial charge >= 0.3 is 10.4 Å². The molecule has 1 rings (SSSR count). The third-order valence-electron chi connectivity index (χ3n) is 2.09. The molecule has 17 heavy (non-hydrogen) atoms. The molecule has 0 heterocycles. The molecule has 0 atom stereocenters. The predicted octanol–water partition coefficient (Wildman–Crippen LogP) is 1.57. The Balaban J connectivity index is 0.000000437. The van der Waals surface area contributed by atoms with Gasteiger partial charge < -0.3 is 10.2 Å². The quantitative estimate of drug-likeness (QED) is 0.476. The first-order chi connectivity index (χ1) is 7.70. The number of aromatic hydroxyl groups is 2. The lowest BCUT2D eigenvalue weighted by Gasteiger charge is -2.09. The van der Waals surface area contributed by atoms with Gasteiger partial charge in [-0.15, -0.1) is 0 Å². The molecule has 0 spiro atoms. The molecule has 6 nitrogen and oxygen atoms in total. The Kier molecular flexibility index (Phi) is 5.94. The van der Waals surface area contributed by atoms with Gasteiger partial charge in [-0.2, -0.15) is 8.42 Å². The van der Waals surface area contributed by atoms with Gasteiger partial charge in [0, 0.05) is 11.1 Å². The Morgan fingerprint density at radius 3 is 1.35 bits per heavy atom. The lowest BCUT2D eigenvalue weighted by Crippen LogP contribution is -1.91. The number of hydrogen-bond donors (Lipinski definition) is 4. The molecule has 4 N–H and O–H groups in total. The molecule has 1 aromatic rings. The molecule has 0 saturated carbocycles. The molecule has 0 aliphatic rings. The molecule has 0 aliphatic carbocycles. The second kappa shape index (κ2) is 6.43. The van der Waals surface area contributed by atoms with Gasteiger partial charge in [0.25, 0.3) is 0 Å². The fraction of sp³-hybridized carbons (Fsp3) is 0.400. The van der Waals surface area contributed by atoms with Crippen LogP contribution >= 0.6 is 0 Å². The molecular formula is C10H16O6S. The van der Waals surface area contributed by atoms with Crippen molar-refractivity contribution in [2.75, 3.05) is 0 Å². The van der Waals surface area contributed by atoms with E-state index in [9.17, 15) is 10.2 Å². The van der Waals surface area contributed by atoms with Crippen molar-refractivity contribution >= 4 is 10.4 Å². The summed E-state index contributed by atoms with van der Waals surface area (Å²) in [6.45, 7) is 3.93. The summed E-state index contributed by atoms with van der Waals surface area (Å²) in [5.74, 6) is 0.569. The van der Waals surface area contributed by atoms with Crippen molar-refractivity contribution < 1.29 is 27.7 Å². The van der Waals surface area contributed by atoms with Gasteiger partial charge in [-0.3, -0.25) is 9.11 Å². The molecule has 1 aromatic carbocycles. The maximum Gasteiger partial charge on any atom is 0.394 e. The minimum atomic E-state index is -4.67. The van der Waals surface area contributed by atoms with E-state index in [1.165, 1.54) is 12.1 Å². The normalized spacial score (nSPS) is 10.6. The first-order valence-corrected chi connectivity index (χ1v) is 6.32. The van der Waals surface area contributed by atoms with E-state index in [1.807, 2.05) is 13.8 Å². The van der Waals surface area contributed by atoms with E-state index in [-0.39, 0.29) is 11.5 Å². The van der Waals surface area contributed by atoms with Crippen LogP contribution in [0.4, 0.5) is 0 Å². The number of phenolic OH excluding ortho intramolecular Hbond substituents is 2. The second-order valence-corrected chi connectivity index (χ2v) is 4.11. The zero-order chi connectivity index (χ0) is 13.6. The van der Waals surface area contributed by atoms with Gasteiger partial charge in [-0.1, -0.05) is 13.8 Å². The number of rotatable bonds is 2. The highest BCUT2D eigenvalue weighted by Gasteiger charge is 2.08. The van der Waals surface area contributed by atoms with Crippen molar-refractivity contribution in [3.8, 4) is 11.5 Å². The summed E-state index contributed by atoms with van der Waals surface area (Å²) in [6, 6.07) is 3.07. The Hall–Kier alpha value is -1.31. The zero-order valence-electron chi connectivity index (χ0n) is 9.58. The standard InChI is InChI=1S/C10H14O2.H2O4S/c1-3-7-8(4-2)10(12)6-5-9(7)11;1-5(2,3)4/h5-6,11-12H,3-4H2,1-2H3;(H2,1,2,3,4). The van der Waals surface area contributed by atoms with Crippen LogP contribution in [0, 0.1) is 0 Å². The minimum absolute atomic E-state index is 0.284. The van der Waals surface area contributed by atoms with Crippen molar-refractivity contribution in [3.63, 3.8) is 0 Å². The van der Waals surface area contributed by atoms with E-state index in [4.69, 9.17) is 17.5 Å². The first kappa shape index (κ1) is 15.7. The smallest absolute Gasteiger partial charge is 0.394 e. The van der Waals surface area contributed by atoms with E-state index in [2.05, 4.69) is 0 Å². The van der Waals surface area contributed by atoms with E-state index >= 15 is 0 Å². The molecular weight excluding hydrogens is 248 g/mol. The molecule has 0 bridgehead atoms. The summed E-state index contributed by atoms with van der Waals surface area (Å²) in [6.07, 6.45) is 1.51. The summed E-state index contributed by atoms with van der Waals surface area (Å²) in [5.41, 5.74) is 1.72. The van der Waals surface area contributed by atoms with Crippen molar-refractivity contribution in [1.29, 1.82) is 0 Å². The third-order valence-corrected chi connectivity index (χ3v) is 2.09. The maximum atomic E-state index is 9.44. The highest BCUT2D eigenvalue weighted by atomic mass is 32.3. The molecule has 0 unspecified atom stereocenters. The molecule has 0 saturated heterocycles. The van der Waals surface area contributed by atoms with Crippen LogP contribution in [0.2, 0.25) is 0 Å². The number of benzene rings is 1. The molecule has 0 amide bonds. The van der Waals surface area contributed by atoms with Gasteiger partial charge in [0.05, 0.1) is 0 Å². The first-order valence-electron chi connectivity index (χ1n) is 4.93. The zero-order valence-corrected chi connectivity index (χ0v) is 10.4. The molecule has 0 aliphatic heterocycles. The van der Waals surface area contributed by atoms with Crippen LogP contribution in [0.15, 0.2) is 12.1 Å². The summed E-state index contributed by atoms with van der Waals surface area (Å²) in [7, 11) is -4.67. The molecule has 0 fully saturated rings. The second-order valence-electron chi connectivity index (χ2n) is 3.22. The molecule has 0 radical (unpaired) electrons. The lowest BCUT2D eigenvalue weighted by molar-refractivity contribution is 0.381. The van der Waals surface area contributed by atoms with Crippen LogP contribution in [-0.4, -0.2) is 27.7 Å². The van der Waals surface area contributed by atoms with E-state index < -0.39 is 10.4 Å². The van der Waals surface area contributed by atoms with Gasteiger partial charge in [-0.05, 0) is 25.0 Å². The number of hydrogen-bond acceptors (Lipinski definition) is 4. The average Bonchev–Trinajstić information content (AvgIpc) is 2.18. The van der Waals surface area contributed by atoms with Crippen molar-refractivity contribution in [1.82, 2.24) is 0 Å². The van der Waals surface area contributed by atoms with Crippen LogP contribution in [0.25, 0.3) is 0 Å². The van der Waals surface area contributed by atoms with Gasteiger partial charge in [0.2, 0.25) is 0 Å². The predicted molar refractivity (Wildman–Crippen MR) is 62.7 cm³/mol. The Morgan fingerprint density at radius 2 is 1.18 bits per heavy atom. The van der Waals surface area contributed by atoms with Crippen LogP contribution in [0.3, 0.4) is 0 Å². The minimum Gasteiger partial charge on any atom is -0.508 e. The summed E-state index contributed by atoms with van der Waals surface area (Å²) in [4.78, 5) is 0. The molecule has 0 aromatic heterocycles. The van der Waals surface area contributed by atoms with Crippen LogP contribution in [0.1, 0.15) is 25.0 Å². The summed E-state index contributed by atoms with van der Waals surface area (Å²) >= 11 is 0. The van der Waals surface area contributed by atoms with Crippen molar-refractivity contribution in [2.24, 2.45) is 0 Å². The van der Waals surface area contributed by atoms with Crippen LogP contribution < -0.4 is 0 Å². The van der Waals surface area contributed by atoms with Crippen molar-refractivity contribution in [3.05, 3.63) is 23.3 Å². The Morgan fingerprint density at radius 1 is 0.941 bits per heavy atom. The van der Waals surface area contributed by atoms with Gasteiger partial charge in [0.1, 0.15) is 11.5 Å². The summed E-state index contributed by atoms with van der Waals surface area (Å²) < 4.78 is 31.6. The summed E-state index contributed by atoms with van der Waals surface area (Å²) in [5, 5.41) is 18.9. The van der Waals surface area contributed by atoms with E-state index in [0.717, 1.165) is 24.0 Å². The SMILES string of the molecule is CCc1c(O)ccc(O)c1CC.O=S(=O)(O)O. The number of phenols is 2. The molecule has 98 valence electrons. The Bertz CT molecular complexity index is 429. The average molecular weight is 264 g/mol. The van der Waals surface area contributed by atoms with Crippen LogP contribution in [-0.2, 0) is 23.2 Å². The monoisotopic (exact) mass is 264 g/mol. The topological polar surface area (TPSA) is 115 Å². The Labute approximate surface area is 100 Å².